The van der Waals surface area contributed by atoms with E-state index in [9.17, 15) is 4.79 Å². The number of nitrogens with zero attached hydrogens (tertiary/aromatic N) is 2. The summed E-state index contributed by atoms with van der Waals surface area (Å²) in [6.45, 7) is 7.82. The van der Waals surface area contributed by atoms with Gasteiger partial charge in [-0.2, -0.15) is 0 Å². The Morgan fingerprint density at radius 3 is 2.85 bits per heavy atom. The predicted molar refractivity (Wildman–Crippen MR) is 104 cm³/mol. The third-order valence-corrected chi connectivity index (χ3v) is 5.61. The maximum Gasteiger partial charge on any atom is 0.257 e. The minimum absolute atomic E-state index is 0.0873. The van der Waals surface area contributed by atoms with Gasteiger partial charge in [0.15, 0.2) is 0 Å². The van der Waals surface area contributed by atoms with Crippen molar-refractivity contribution < 1.29 is 13.9 Å². The zero-order valence-electron chi connectivity index (χ0n) is 16.0. The number of morpholine rings is 1. The molecule has 0 saturated carbocycles. The molecule has 2 saturated heterocycles. The third-order valence-electron chi connectivity index (χ3n) is 5.61. The van der Waals surface area contributed by atoms with E-state index in [-0.39, 0.29) is 5.91 Å². The van der Waals surface area contributed by atoms with E-state index < -0.39 is 0 Å². The van der Waals surface area contributed by atoms with E-state index in [1.807, 2.05) is 11.0 Å². The van der Waals surface area contributed by atoms with Crippen LogP contribution < -0.4 is 0 Å². The molecular formula is C22H28N2O3. The van der Waals surface area contributed by atoms with Gasteiger partial charge in [0, 0.05) is 32.1 Å². The van der Waals surface area contributed by atoms with E-state index in [2.05, 4.69) is 36.1 Å². The molecule has 2 aliphatic rings. The SMILES string of the molecule is Cc1cccc([C@H]2CCCN(C(=O)c3coc(CN4CCOCC4)c3)C2)c1. The molecule has 0 N–H and O–H groups in total. The molecule has 144 valence electrons. The molecule has 0 bridgehead atoms. The minimum atomic E-state index is 0.0873. The van der Waals surface area contributed by atoms with Crippen LogP contribution in [0.15, 0.2) is 41.0 Å². The summed E-state index contributed by atoms with van der Waals surface area (Å²) in [4.78, 5) is 17.3. The molecule has 1 aromatic carbocycles. The zero-order chi connectivity index (χ0) is 18.6. The van der Waals surface area contributed by atoms with Gasteiger partial charge in [0.05, 0.1) is 25.3 Å². The topological polar surface area (TPSA) is 45.9 Å². The molecule has 5 heteroatoms. The van der Waals surface area contributed by atoms with Gasteiger partial charge in [-0.1, -0.05) is 29.8 Å². The van der Waals surface area contributed by atoms with Gasteiger partial charge in [0.25, 0.3) is 5.91 Å². The van der Waals surface area contributed by atoms with Crippen molar-refractivity contribution in [3.63, 3.8) is 0 Å². The van der Waals surface area contributed by atoms with Crippen molar-refractivity contribution >= 4 is 5.91 Å². The van der Waals surface area contributed by atoms with E-state index in [4.69, 9.17) is 9.15 Å². The summed E-state index contributed by atoms with van der Waals surface area (Å²) < 4.78 is 11.1. The number of hydrogen-bond acceptors (Lipinski definition) is 4. The highest BCUT2D eigenvalue weighted by molar-refractivity contribution is 5.94. The quantitative estimate of drug-likeness (QED) is 0.829. The smallest absolute Gasteiger partial charge is 0.257 e. The average Bonchev–Trinajstić information content (AvgIpc) is 3.17. The van der Waals surface area contributed by atoms with E-state index in [0.717, 1.165) is 64.5 Å². The first-order chi connectivity index (χ1) is 13.2. The summed E-state index contributed by atoms with van der Waals surface area (Å²) in [5.41, 5.74) is 3.29. The Morgan fingerprint density at radius 1 is 1.19 bits per heavy atom. The largest absolute Gasteiger partial charge is 0.467 e. The third kappa shape index (κ3) is 4.42. The summed E-state index contributed by atoms with van der Waals surface area (Å²) >= 11 is 0. The summed E-state index contributed by atoms with van der Waals surface area (Å²) in [7, 11) is 0. The lowest BCUT2D eigenvalue weighted by molar-refractivity contribution is 0.0313. The Morgan fingerprint density at radius 2 is 2.04 bits per heavy atom. The first kappa shape index (κ1) is 18.3. The van der Waals surface area contributed by atoms with Crippen LogP contribution in [0.5, 0.6) is 0 Å². The lowest BCUT2D eigenvalue weighted by Crippen LogP contribution is -2.39. The fraction of sp³-hybridized carbons (Fsp3) is 0.500. The monoisotopic (exact) mass is 368 g/mol. The van der Waals surface area contributed by atoms with Gasteiger partial charge in [0.1, 0.15) is 12.0 Å². The highest BCUT2D eigenvalue weighted by atomic mass is 16.5. The van der Waals surface area contributed by atoms with Crippen LogP contribution in [0.1, 0.15) is 46.0 Å². The van der Waals surface area contributed by atoms with Crippen molar-refractivity contribution in [1.82, 2.24) is 9.80 Å². The molecule has 27 heavy (non-hydrogen) atoms. The Hall–Kier alpha value is -2.11. The van der Waals surface area contributed by atoms with Gasteiger partial charge in [-0.15, -0.1) is 0 Å². The van der Waals surface area contributed by atoms with Gasteiger partial charge < -0.3 is 14.1 Å². The fourth-order valence-corrected chi connectivity index (χ4v) is 4.10. The predicted octanol–water partition coefficient (Wildman–Crippen LogP) is 3.44. The molecule has 2 aliphatic heterocycles. The normalized spacial score (nSPS) is 21.4. The number of rotatable bonds is 4. The molecule has 0 radical (unpaired) electrons. The van der Waals surface area contributed by atoms with Crippen LogP contribution >= 0.6 is 0 Å². The van der Waals surface area contributed by atoms with E-state index in [1.54, 1.807) is 6.26 Å². The van der Waals surface area contributed by atoms with Gasteiger partial charge >= 0.3 is 0 Å². The first-order valence-electron chi connectivity index (χ1n) is 9.92. The fourth-order valence-electron chi connectivity index (χ4n) is 4.10. The van der Waals surface area contributed by atoms with Crippen molar-refractivity contribution in [3.05, 3.63) is 59.0 Å². The van der Waals surface area contributed by atoms with Gasteiger partial charge in [-0.05, 0) is 31.4 Å². The second-order valence-corrected chi connectivity index (χ2v) is 7.69. The zero-order valence-corrected chi connectivity index (χ0v) is 16.0. The summed E-state index contributed by atoms with van der Waals surface area (Å²) in [6, 6.07) is 10.6. The second kappa shape index (κ2) is 8.28. The molecule has 3 heterocycles. The molecule has 1 amide bonds. The Labute approximate surface area is 160 Å². The standard InChI is InChI=1S/C22H28N2O3/c1-17-4-2-5-18(12-17)19-6-3-7-24(14-19)22(25)20-13-21(27-16-20)15-23-8-10-26-11-9-23/h2,4-5,12-13,16,19H,3,6-11,14-15H2,1H3/t19-/m0/s1. The number of aryl methyl sites for hydroxylation is 1. The summed E-state index contributed by atoms with van der Waals surface area (Å²) in [5, 5.41) is 0. The highest BCUT2D eigenvalue weighted by Gasteiger charge is 2.26. The number of furan rings is 1. The van der Waals surface area contributed by atoms with Crippen LogP contribution in [-0.4, -0.2) is 55.1 Å². The molecule has 0 spiro atoms. The average molecular weight is 368 g/mol. The number of amides is 1. The van der Waals surface area contributed by atoms with E-state index in [0.29, 0.717) is 11.5 Å². The number of likely N-dealkylation sites (tertiary alicyclic amines) is 1. The lowest BCUT2D eigenvalue weighted by Gasteiger charge is -2.33. The second-order valence-electron chi connectivity index (χ2n) is 7.69. The van der Waals surface area contributed by atoms with E-state index in [1.165, 1.54) is 11.1 Å². The number of benzene rings is 1. The molecule has 1 atom stereocenters. The number of carbonyl (C=O) groups excluding carboxylic acids is 1. The first-order valence-corrected chi connectivity index (χ1v) is 9.92. The molecule has 2 aromatic rings. The van der Waals surface area contributed by atoms with Crippen molar-refractivity contribution in [2.75, 3.05) is 39.4 Å². The Bertz CT molecular complexity index is 779. The minimum Gasteiger partial charge on any atom is -0.467 e. The van der Waals surface area contributed by atoms with Crippen LogP contribution in [0.25, 0.3) is 0 Å². The summed E-state index contributed by atoms with van der Waals surface area (Å²) in [5.74, 6) is 1.36. The number of ether oxygens (including phenoxy) is 1. The van der Waals surface area contributed by atoms with Gasteiger partial charge in [-0.3, -0.25) is 9.69 Å². The van der Waals surface area contributed by atoms with Gasteiger partial charge in [-0.25, -0.2) is 0 Å². The molecule has 0 aliphatic carbocycles. The molecular weight excluding hydrogens is 340 g/mol. The van der Waals surface area contributed by atoms with Crippen LogP contribution in [-0.2, 0) is 11.3 Å². The van der Waals surface area contributed by atoms with Crippen molar-refractivity contribution in [2.24, 2.45) is 0 Å². The molecule has 5 nitrogen and oxygen atoms in total. The van der Waals surface area contributed by atoms with Crippen LogP contribution in [0.3, 0.4) is 0 Å². The molecule has 2 fully saturated rings. The Kier molecular flexibility index (Phi) is 5.60. The Balaban J connectivity index is 1.40. The molecule has 0 unspecified atom stereocenters. The van der Waals surface area contributed by atoms with Crippen LogP contribution in [0.2, 0.25) is 0 Å². The maximum absolute atomic E-state index is 13.0. The molecule has 4 rings (SSSR count). The number of carbonyl (C=O) groups is 1. The van der Waals surface area contributed by atoms with E-state index >= 15 is 0 Å². The van der Waals surface area contributed by atoms with Crippen molar-refractivity contribution in [2.45, 2.75) is 32.2 Å². The van der Waals surface area contributed by atoms with Crippen LogP contribution in [0.4, 0.5) is 0 Å². The van der Waals surface area contributed by atoms with Crippen molar-refractivity contribution in [1.29, 1.82) is 0 Å². The number of hydrogen-bond donors (Lipinski definition) is 0. The van der Waals surface area contributed by atoms with Crippen molar-refractivity contribution in [3.8, 4) is 0 Å². The highest BCUT2D eigenvalue weighted by Crippen LogP contribution is 2.28. The lowest BCUT2D eigenvalue weighted by atomic mass is 9.89. The van der Waals surface area contributed by atoms with Crippen LogP contribution in [0, 0.1) is 6.92 Å². The van der Waals surface area contributed by atoms with Gasteiger partial charge in [0.2, 0.25) is 0 Å². The maximum atomic E-state index is 13.0. The summed E-state index contributed by atoms with van der Waals surface area (Å²) in [6.07, 6.45) is 3.80. The molecule has 1 aromatic heterocycles. The number of piperidine rings is 1.